The maximum Gasteiger partial charge on any atom is 0.221 e. The average Bonchev–Trinajstić information content (AvgIpc) is 2.00. The maximum atomic E-state index is 11.1. The second-order valence-electron chi connectivity index (χ2n) is 3.09. The van der Waals surface area contributed by atoms with Gasteiger partial charge in [0.25, 0.3) is 0 Å². The molecule has 1 unspecified atom stereocenters. The number of rotatable bonds is 2. The van der Waals surface area contributed by atoms with E-state index in [0.717, 1.165) is 19.3 Å². The molecular weight excluding hydrogens is 152 g/mol. The zero-order valence-corrected chi connectivity index (χ0v) is 7.31. The van der Waals surface area contributed by atoms with Crippen molar-refractivity contribution in [2.75, 3.05) is 0 Å². The molecule has 1 aliphatic rings. The summed E-state index contributed by atoms with van der Waals surface area (Å²) in [5.41, 5.74) is 0. The van der Waals surface area contributed by atoms with E-state index in [9.17, 15) is 4.79 Å². The van der Waals surface area contributed by atoms with Crippen molar-refractivity contribution in [2.24, 2.45) is 0 Å². The van der Waals surface area contributed by atoms with E-state index < -0.39 is 0 Å². The van der Waals surface area contributed by atoms with E-state index in [0.29, 0.717) is 6.42 Å². The van der Waals surface area contributed by atoms with Crippen molar-refractivity contribution in [1.29, 1.82) is 0 Å². The van der Waals surface area contributed by atoms with E-state index in [-0.39, 0.29) is 12.1 Å². The number of hydrogen-bond donors (Lipinski definition) is 2. The second kappa shape index (κ2) is 4.80. The third kappa shape index (κ3) is 2.95. The fourth-order valence-electron chi connectivity index (χ4n) is 1.42. The van der Waals surface area contributed by atoms with E-state index >= 15 is 0 Å². The normalized spacial score (nSPS) is 25.0. The van der Waals surface area contributed by atoms with Crippen LogP contribution in [-0.4, -0.2) is 12.1 Å². The highest BCUT2D eigenvalue weighted by Crippen LogP contribution is 2.08. The molecule has 0 radical (unpaired) electrons. The summed E-state index contributed by atoms with van der Waals surface area (Å²) in [6.07, 6.45) is 6.73. The van der Waals surface area contributed by atoms with Crippen LogP contribution in [0.3, 0.4) is 0 Å². The van der Waals surface area contributed by atoms with Gasteiger partial charge in [0.1, 0.15) is 0 Å². The summed E-state index contributed by atoms with van der Waals surface area (Å²) in [5, 5.41) is 5.91. The third-order valence-corrected chi connectivity index (χ3v) is 2.05. The molecule has 12 heavy (non-hydrogen) atoms. The molecule has 1 atom stereocenters. The van der Waals surface area contributed by atoms with Crippen LogP contribution in [0.2, 0.25) is 0 Å². The number of amides is 1. The number of carbonyl (C=O) groups is 1. The van der Waals surface area contributed by atoms with Crippen LogP contribution in [0.15, 0.2) is 12.8 Å². The topological polar surface area (TPSA) is 41.1 Å². The second-order valence-corrected chi connectivity index (χ2v) is 3.09. The van der Waals surface area contributed by atoms with Crippen molar-refractivity contribution in [3.63, 3.8) is 0 Å². The molecule has 3 nitrogen and oxygen atoms in total. The Labute approximate surface area is 73.2 Å². The molecule has 0 spiro atoms. The fraction of sp³-hybridized carbons (Fsp3) is 0.667. The van der Waals surface area contributed by atoms with Gasteiger partial charge in [-0.15, -0.1) is 0 Å². The van der Waals surface area contributed by atoms with Gasteiger partial charge in [-0.25, -0.2) is 0 Å². The Balaban J connectivity index is 2.37. The molecule has 0 aliphatic carbocycles. The van der Waals surface area contributed by atoms with E-state index in [1.807, 2.05) is 0 Å². The highest BCUT2D eigenvalue weighted by atomic mass is 16.1. The van der Waals surface area contributed by atoms with Crippen LogP contribution in [0.5, 0.6) is 0 Å². The quantitative estimate of drug-likeness (QED) is 0.649. The number of nitrogens with one attached hydrogen (secondary N) is 2. The van der Waals surface area contributed by atoms with E-state index in [1.54, 1.807) is 6.20 Å². The lowest BCUT2D eigenvalue weighted by molar-refractivity contribution is -0.122. The van der Waals surface area contributed by atoms with Crippen molar-refractivity contribution in [2.45, 2.75) is 38.3 Å². The standard InChI is InChI=1S/C9H16N2O/c1-2-10-8-6-4-3-5-7-9(12)11-8/h2,8,10H,1,3-7H2,(H,11,12). The van der Waals surface area contributed by atoms with Crippen LogP contribution in [0.4, 0.5) is 0 Å². The first-order chi connectivity index (χ1) is 5.83. The van der Waals surface area contributed by atoms with Gasteiger partial charge in [-0.2, -0.15) is 0 Å². The van der Waals surface area contributed by atoms with E-state index in [4.69, 9.17) is 0 Å². The predicted molar refractivity (Wildman–Crippen MR) is 48.3 cm³/mol. The highest BCUT2D eigenvalue weighted by Gasteiger charge is 2.12. The molecule has 2 N–H and O–H groups in total. The zero-order chi connectivity index (χ0) is 8.81. The first-order valence-electron chi connectivity index (χ1n) is 4.49. The van der Waals surface area contributed by atoms with Crippen LogP contribution in [0.25, 0.3) is 0 Å². The summed E-state index contributed by atoms with van der Waals surface area (Å²) in [7, 11) is 0. The van der Waals surface area contributed by atoms with Crippen molar-refractivity contribution < 1.29 is 4.79 Å². The Hall–Kier alpha value is -0.990. The minimum Gasteiger partial charge on any atom is -0.372 e. The SMILES string of the molecule is C=CNC1CCCCCC(=O)N1. The lowest BCUT2D eigenvalue weighted by Crippen LogP contribution is -2.43. The molecule has 0 bridgehead atoms. The minimum atomic E-state index is 0.0929. The van der Waals surface area contributed by atoms with Gasteiger partial charge in [-0.05, 0) is 25.5 Å². The number of carbonyl (C=O) groups excluding carboxylic acids is 1. The van der Waals surface area contributed by atoms with E-state index in [2.05, 4.69) is 17.2 Å². The first-order valence-corrected chi connectivity index (χ1v) is 4.49. The lowest BCUT2D eigenvalue weighted by Gasteiger charge is -2.21. The Morgan fingerprint density at radius 2 is 2.33 bits per heavy atom. The van der Waals surface area contributed by atoms with Gasteiger partial charge in [0, 0.05) is 6.42 Å². The molecule has 68 valence electrons. The summed E-state index contributed by atoms with van der Waals surface area (Å²) in [4.78, 5) is 11.1. The van der Waals surface area contributed by atoms with E-state index in [1.165, 1.54) is 6.42 Å². The summed E-state index contributed by atoms with van der Waals surface area (Å²) in [6.45, 7) is 3.57. The smallest absolute Gasteiger partial charge is 0.221 e. The summed E-state index contributed by atoms with van der Waals surface area (Å²) in [5.74, 6) is 0.147. The molecular formula is C9H16N2O. The Morgan fingerprint density at radius 3 is 3.08 bits per heavy atom. The van der Waals surface area contributed by atoms with Crippen molar-refractivity contribution in [1.82, 2.24) is 10.6 Å². The van der Waals surface area contributed by atoms with Gasteiger partial charge >= 0.3 is 0 Å². The highest BCUT2D eigenvalue weighted by molar-refractivity contribution is 5.76. The van der Waals surface area contributed by atoms with Crippen molar-refractivity contribution >= 4 is 5.91 Å². The molecule has 1 heterocycles. The first kappa shape index (κ1) is 9.10. The zero-order valence-electron chi connectivity index (χ0n) is 7.31. The minimum absolute atomic E-state index is 0.0929. The molecule has 0 aromatic carbocycles. The largest absolute Gasteiger partial charge is 0.372 e. The van der Waals surface area contributed by atoms with Gasteiger partial charge < -0.3 is 10.6 Å². The summed E-state index contributed by atoms with van der Waals surface area (Å²) < 4.78 is 0. The molecule has 1 saturated heterocycles. The van der Waals surface area contributed by atoms with Crippen molar-refractivity contribution in [3.05, 3.63) is 12.8 Å². The molecule has 1 fully saturated rings. The van der Waals surface area contributed by atoms with Crippen LogP contribution in [0, 0.1) is 0 Å². The summed E-state index contributed by atoms with van der Waals surface area (Å²) >= 11 is 0. The van der Waals surface area contributed by atoms with Crippen LogP contribution >= 0.6 is 0 Å². The Kier molecular flexibility index (Phi) is 3.64. The molecule has 1 amide bonds. The molecule has 0 aromatic rings. The Bertz CT molecular complexity index is 168. The van der Waals surface area contributed by atoms with Gasteiger partial charge in [0.2, 0.25) is 5.91 Å². The maximum absolute atomic E-state index is 11.1. The number of hydrogen-bond acceptors (Lipinski definition) is 2. The monoisotopic (exact) mass is 168 g/mol. The molecule has 3 heteroatoms. The van der Waals surface area contributed by atoms with Gasteiger partial charge in [0.15, 0.2) is 0 Å². The van der Waals surface area contributed by atoms with Gasteiger partial charge in [-0.3, -0.25) is 4.79 Å². The van der Waals surface area contributed by atoms with Crippen LogP contribution < -0.4 is 10.6 Å². The van der Waals surface area contributed by atoms with Crippen LogP contribution in [0.1, 0.15) is 32.1 Å². The Morgan fingerprint density at radius 1 is 1.50 bits per heavy atom. The predicted octanol–water partition coefficient (Wildman–Crippen LogP) is 1.13. The van der Waals surface area contributed by atoms with Crippen molar-refractivity contribution in [3.8, 4) is 0 Å². The average molecular weight is 168 g/mol. The van der Waals surface area contributed by atoms with Gasteiger partial charge in [0.05, 0.1) is 6.17 Å². The molecule has 1 aliphatic heterocycles. The van der Waals surface area contributed by atoms with Gasteiger partial charge in [-0.1, -0.05) is 13.0 Å². The fourth-order valence-corrected chi connectivity index (χ4v) is 1.42. The molecule has 0 saturated carbocycles. The third-order valence-electron chi connectivity index (χ3n) is 2.05. The van der Waals surface area contributed by atoms with Crippen LogP contribution in [-0.2, 0) is 4.79 Å². The lowest BCUT2D eigenvalue weighted by atomic mass is 10.1. The molecule has 1 rings (SSSR count). The molecule has 0 aromatic heterocycles. The summed E-state index contributed by atoms with van der Waals surface area (Å²) in [6, 6.07) is 0.